The van der Waals surface area contributed by atoms with Crippen molar-refractivity contribution in [1.82, 2.24) is 9.55 Å². The summed E-state index contributed by atoms with van der Waals surface area (Å²) in [6.45, 7) is 3.36. The number of rotatable bonds is 2. The highest BCUT2D eigenvalue weighted by molar-refractivity contribution is 5.60. The van der Waals surface area contributed by atoms with E-state index in [0.29, 0.717) is 11.6 Å². The lowest BCUT2D eigenvalue weighted by atomic mass is 10.1. The van der Waals surface area contributed by atoms with Gasteiger partial charge in [-0.1, -0.05) is 12.1 Å². The molecule has 0 spiro atoms. The molecule has 19 heavy (non-hydrogen) atoms. The molecule has 1 saturated heterocycles. The number of hydrogen-bond donors (Lipinski definition) is 0. The first-order valence-electron chi connectivity index (χ1n) is 6.63. The third kappa shape index (κ3) is 2.28. The first-order valence-corrected chi connectivity index (χ1v) is 6.63. The van der Waals surface area contributed by atoms with Crippen LogP contribution in [0.4, 0.5) is 4.39 Å². The molecule has 0 bridgehead atoms. The van der Waals surface area contributed by atoms with Crippen molar-refractivity contribution in [2.45, 2.75) is 25.8 Å². The van der Waals surface area contributed by atoms with E-state index in [1.807, 2.05) is 12.3 Å². The van der Waals surface area contributed by atoms with E-state index < -0.39 is 0 Å². The molecule has 100 valence electrons. The molecule has 2 aromatic rings. The average molecular weight is 260 g/mol. The minimum atomic E-state index is -0.181. The van der Waals surface area contributed by atoms with Crippen LogP contribution in [-0.4, -0.2) is 22.8 Å². The Labute approximate surface area is 112 Å². The molecule has 0 unspecified atom stereocenters. The van der Waals surface area contributed by atoms with Crippen molar-refractivity contribution < 1.29 is 9.13 Å². The van der Waals surface area contributed by atoms with Gasteiger partial charge in [-0.25, -0.2) is 9.37 Å². The molecule has 3 nitrogen and oxygen atoms in total. The Hall–Kier alpha value is -1.68. The fourth-order valence-electron chi connectivity index (χ4n) is 2.63. The molecule has 0 aliphatic carbocycles. The van der Waals surface area contributed by atoms with Crippen LogP contribution in [0.15, 0.2) is 30.6 Å². The maximum absolute atomic E-state index is 13.7. The molecule has 2 heterocycles. The summed E-state index contributed by atoms with van der Waals surface area (Å²) in [4.78, 5) is 4.42. The van der Waals surface area contributed by atoms with Crippen LogP contribution in [0.1, 0.15) is 24.4 Å². The summed E-state index contributed by atoms with van der Waals surface area (Å²) < 4.78 is 21.2. The van der Waals surface area contributed by atoms with Crippen molar-refractivity contribution in [1.29, 1.82) is 0 Å². The SMILES string of the molecule is Cc1c(F)cccc1-c1nccn1C1CCOCC1. The maximum atomic E-state index is 13.7. The summed E-state index contributed by atoms with van der Waals surface area (Å²) in [6.07, 6.45) is 5.74. The predicted octanol–water partition coefficient (Wildman–Crippen LogP) is 3.35. The highest BCUT2D eigenvalue weighted by Crippen LogP contribution is 2.29. The summed E-state index contributed by atoms with van der Waals surface area (Å²) in [5.74, 6) is 0.669. The van der Waals surface area contributed by atoms with Crippen molar-refractivity contribution in [2.24, 2.45) is 0 Å². The number of aromatic nitrogens is 2. The van der Waals surface area contributed by atoms with Crippen molar-refractivity contribution in [3.63, 3.8) is 0 Å². The van der Waals surface area contributed by atoms with Crippen molar-refractivity contribution in [2.75, 3.05) is 13.2 Å². The van der Waals surface area contributed by atoms with Crippen molar-refractivity contribution >= 4 is 0 Å². The molecule has 1 aliphatic rings. The van der Waals surface area contributed by atoms with Crippen LogP contribution in [0.25, 0.3) is 11.4 Å². The lowest BCUT2D eigenvalue weighted by Crippen LogP contribution is -2.19. The van der Waals surface area contributed by atoms with Crippen LogP contribution in [-0.2, 0) is 4.74 Å². The minimum absolute atomic E-state index is 0.181. The van der Waals surface area contributed by atoms with Gasteiger partial charge in [-0.05, 0) is 31.4 Å². The second-order valence-electron chi connectivity index (χ2n) is 4.91. The third-order valence-corrected chi connectivity index (χ3v) is 3.76. The number of ether oxygens (including phenoxy) is 1. The number of nitrogens with zero attached hydrogens (tertiary/aromatic N) is 2. The molecule has 3 rings (SSSR count). The van der Waals surface area contributed by atoms with Crippen LogP contribution in [0.3, 0.4) is 0 Å². The van der Waals surface area contributed by atoms with Crippen LogP contribution >= 0.6 is 0 Å². The zero-order valence-corrected chi connectivity index (χ0v) is 11.0. The second-order valence-corrected chi connectivity index (χ2v) is 4.91. The lowest BCUT2D eigenvalue weighted by molar-refractivity contribution is 0.0700. The molecule has 0 saturated carbocycles. The van der Waals surface area contributed by atoms with Gasteiger partial charge in [-0.3, -0.25) is 0 Å². The summed E-state index contributed by atoms with van der Waals surface area (Å²) in [5.41, 5.74) is 1.53. The van der Waals surface area contributed by atoms with Gasteiger partial charge in [0.2, 0.25) is 0 Å². The van der Waals surface area contributed by atoms with E-state index in [4.69, 9.17) is 4.74 Å². The van der Waals surface area contributed by atoms with Gasteiger partial charge >= 0.3 is 0 Å². The van der Waals surface area contributed by atoms with Crippen LogP contribution < -0.4 is 0 Å². The topological polar surface area (TPSA) is 27.1 Å². The molecule has 0 radical (unpaired) electrons. The number of hydrogen-bond acceptors (Lipinski definition) is 2. The Bertz CT molecular complexity index is 573. The molecule has 0 amide bonds. The van der Waals surface area contributed by atoms with E-state index in [2.05, 4.69) is 9.55 Å². The molecular weight excluding hydrogens is 243 g/mol. The quantitative estimate of drug-likeness (QED) is 0.828. The predicted molar refractivity (Wildman–Crippen MR) is 71.4 cm³/mol. The Morgan fingerprint density at radius 2 is 2.11 bits per heavy atom. The standard InChI is InChI=1S/C15H17FN2O/c1-11-13(3-2-4-14(11)16)15-17-7-8-18(15)12-5-9-19-10-6-12/h2-4,7-8,12H,5-6,9-10H2,1H3. The van der Waals surface area contributed by atoms with Crippen LogP contribution in [0.2, 0.25) is 0 Å². The summed E-state index contributed by atoms with van der Waals surface area (Å²) in [7, 11) is 0. The van der Waals surface area contributed by atoms with Crippen molar-refractivity contribution in [3.05, 3.63) is 42.0 Å². The average Bonchev–Trinajstić information content (AvgIpc) is 2.92. The summed E-state index contributed by atoms with van der Waals surface area (Å²) in [6, 6.07) is 5.55. The highest BCUT2D eigenvalue weighted by Gasteiger charge is 2.20. The first-order chi connectivity index (χ1) is 9.27. The molecule has 1 aliphatic heterocycles. The number of halogens is 1. The van der Waals surface area contributed by atoms with Crippen LogP contribution in [0, 0.1) is 12.7 Å². The van der Waals surface area contributed by atoms with Gasteiger partial charge in [-0.2, -0.15) is 0 Å². The fraction of sp³-hybridized carbons (Fsp3) is 0.400. The van der Waals surface area contributed by atoms with Gasteiger partial charge in [-0.15, -0.1) is 0 Å². The summed E-state index contributed by atoms with van der Waals surface area (Å²) in [5, 5.41) is 0. The highest BCUT2D eigenvalue weighted by atomic mass is 19.1. The van der Waals surface area contributed by atoms with E-state index in [0.717, 1.165) is 37.4 Å². The first kappa shape index (κ1) is 12.4. The zero-order chi connectivity index (χ0) is 13.2. The minimum Gasteiger partial charge on any atom is -0.381 e. The molecule has 1 fully saturated rings. The van der Waals surface area contributed by atoms with Crippen LogP contribution in [0.5, 0.6) is 0 Å². The summed E-state index contributed by atoms with van der Waals surface area (Å²) >= 11 is 0. The lowest BCUT2D eigenvalue weighted by Gasteiger charge is -2.25. The molecule has 0 atom stereocenters. The van der Waals surface area contributed by atoms with E-state index in [1.165, 1.54) is 6.07 Å². The molecule has 1 aromatic heterocycles. The fourth-order valence-corrected chi connectivity index (χ4v) is 2.63. The Morgan fingerprint density at radius 1 is 1.32 bits per heavy atom. The number of imidazole rings is 1. The smallest absolute Gasteiger partial charge is 0.140 e. The van der Waals surface area contributed by atoms with E-state index >= 15 is 0 Å². The normalized spacial score (nSPS) is 16.7. The van der Waals surface area contributed by atoms with E-state index in [9.17, 15) is 4.39 Å². The van der Waals surface area contributed by atoms with Crippen molar-refractivity contribution in [3.8, 4) is 11.4 Å². The maximum Gasteiger partial charge on any atom is 0.140 e. The second kappa shape index (κ2) is 5.13. The van der Waals surface area contributed by atoms with Gasteiger partial charge in [0, 0.05) is 37.2 Å². The van der Waals surface area contributed by atoms with Gasteiger partial charge < -0.3 is 9.30 Å². The number of benzene rings is 1. The Balaban J connectivity index is 2.01. The third-order valence-electron chi connectivity index (χ3n) is 3.76. The molecular formula is C15H17FN2O. The van der Waals surface area contributed by atoms with E-state index in [1.54, 1.807) is 19.2 Å². The monoisotopic (exact) mass is 260 g/mol. The van der Waals surface area contributed by atoms with Gasteiger partial charge in [0.15, 0.2) is 0 Å². The molecule has 0 N–H and O–H groups in total. The zero-order valence-electron chi connectivity index (χ0n) is 11.0. The largest absolute Gasteiger partial charge is 0.381 e. The Kier molecular flexibility index (Phi) is 3.34. The van der Waals surface area contributed by atoms with E-state index in [-0.39, 0.29) is 5.82 Å². The van der Waals surface area contributed by atoms with Gasteiger partial charge in [0.05, 0.1) is 0 Å². The van der Waals surface area contributed by atoms with Gasteiger partial charge in [0.25, 0.3) is 0 Å². The van der Waals surface area contributed by atoms with Gasteiger partial charge in [0.1, 0.15) is 11.6 Å². The Morgan fingerprint density at radius 3 is 2.89 bits per heavy atom. The molecule has 1 aromatic carbocycles. The molecule has 4 heteroatoms.